The van der Waals surface area contributed by atoms with Gasteiger partial charge in [-0.05, 0) is 25.1 Å². The molecule has 0 radical (unpaired) electrons. The minimum absolute atomic E-state index is 0.0597. The molecule has 5 rings (SSSR count). The van der Waals surface area contributed by atoms with E-state index in [0.717, 1.165) is 11.5 Å². The lowest BCUT2D eigenvalue weighted by atomic mass is 9.74. The summed E-state index contributed by atoms with van der Waals surface area (Å²) in [5.41, 5.74) is 0.527. The van der Waals surface area contributed by atoms with E-state index in [1.54, 1.807) is 23.3 Å². The van der Waals surface area contributed by atoms with Gasteiger partial charge in [-0.25, -0.2) is 24.1 Å². The molecule has 2 N–H and O–H groups in total. The lowest BCUT2D eigenvalue weighted by Gasteiger charge is -2.36. The van der Waals surface area contributed by atoms with Crippen molar-refractivity contribution in [2.24, 2.45) is 0 Å². The smallest absolute Gasteiger partial charge is 0.454 e. The summed E-state index contributed by atoms with van der Waals surface area (Å²) < 4.78 is 58.8. The number of aromatic nitrogens is 6. The van der Waals surface area contributed by atoms with Crippen molar-refractivity contribution >= 4 is 28.6 Å². The zero-order chi connectivity index (χ0) is 27.8. The summed E-state index contributed by atoms with van der Waals surface area (Å²) in [4.78, 5) is 26.8. The Morgan fingerprint density at radius 3 is 2.90 bits per heavy atom. The highest BCUT2D eigenvalue weighted by atomic mass is 35.5. The second-order valence-electron chi connectivity index (χ2n) is 8.97. The van der Waals surface area contributed by atoms with Crippen LogP contribution in [0.2, 0.25) is 5.15 Å². The van der Waals surface area contributed by atoms with Crippen LogP contribution in [0.1, 0.15) is 30.1 Å². The summed E-state index contributed by atoms with van der Waals surface area (Å²) in [6.07, 6.45) is 1.55. The number of nitrogens with one attached hydrogen (secondary N) is 2. The molecule has 1 fully saturated rings. The number of carbonyl (C=O) groups is 1. The standard InChI is InChI=1S/C24H19ClF4N8O2/c25-20-13(10-39-22(38)24(27,28)29)7-16(26)19(36-20)23(3-6-31-11-23)17(1-4-30)37-9-14(8-35-37)18-15-2-5-32-21(15)34-12-33-18/h2,5,7-9,12,17,31H,1,3,6,10-11H2,(H,32,33,34)/t17-,23-/m0/s1. The van der Waals surface area contributed by atoms with Crippen LogP contribution in [-0.4, -0.2) is 55.0 Å². The highest BCUT2D eigenvalue weighted by Crippen LogP contribution is 2.44. The number of hydrogen-bond acceptors (Lipinski definition) is 8. The molecule has 2 atom stereocenters. The summed E-state index contributed by atoms with van der Waals surface area (Å²) in [6.45, 7) is -0.203. The predicted molar refractivity (Wildman–Crippen MR) is 129 cm³/mol. The van der Waals surface area contributed by atoms with Crippen LogP contribution in [0.25, 0.3) is 22.3 Å². The number of aromatic amines is 1. The maximum atomic E-state index is 15.6. The average molecular weight is 563 g/mol. The molecule has 1 saturated heterocycles. The largest absolute Gasteiger partial charge is 0.490 e. The normalized spacial score (nSPS) is 18.3. The fourth-order valence-corrected chi connectivity index (χ4v) is 5.09. The number of halogens is 5. The number of hydrogen-bond donors (Lipinski definition) is 2. The second kappa shape index (κ2) is 10.2. The number of fused-ring (bicyclic) bond motifs is 1. The summed E-state index contributed by atoms with van der Waals surface area (Å²) in [7, 11) is 0. The van der Waals surface area contributed by atoms with Gasteiger partial charge in [0, 0.05) is 35.5 Å². The van der Waals surface area contributed by atoms with Crippen LogP contribution in [0, 0.1) is 17.1 Å². The lowest BCUT2D eigenvalue weighted by Crippen LogP contribution is -2.41. The fourth-order valence-electron chi connectivity index (χ4n) is 4.90. The van der Waals surface area contributed by atoms with Crippen LogP contribution >= 0.6 is 11.6 Å². The molecule has 0 saturated carbocycles. The molecule has 0 spiro atoms. The van der Waals surface area contributed by atoms with Crippen molar-refractivity contribution in [3.05, 3.63) is 59.3 Å². The molecule has 10 nitrogen and oxygen atoms in total. The topological polar surface area (TPSA) is 134 Å². The summed E-state index contributed by atoms with van der Waals surface area (Å²) in [6, 6.07) is 4.17. The number of nitriles is 1. The number of carbonyl (C=O) groups excluding carboxylic acids is 1. The molecule has 0 aliphatic carbocycles. The van der Waals surface area contributed by atoms with Crippen molar-refractivity contribution in [1.82, 2.24) is 35.0 Å². The number of pyridine rings is 1. The first-order valence-corrected chi connectivity index (χ1v) is 12.0. The van der Waals surface area contributed by atoms with Gasteiger partial charge in [-0.3, -0.25) is 4.68 Å². The molecule has 1 aliphatic rings. The Morgan fingerprint density at radius 2 is 2.18 bits per heavy atom. The molecule has 5 heterocycles. The van der Waals surface area contributed by atoms with E-state index in [2.05, 4.69) is 41.2 Å². The third-order valence-corrected chi connectivity index (χ3v) is 7.05. The van der Waals surface area contributed by atoms with Gasteiger partial charge in [-0.1, -0.05) is 11.6 Å². The van der Waals surface area contributed by atoms with Crippen LogP contribution in [0.4, 0.5) is 17.6 Å². The summed E-state index contributed by atoms with van der Waals surface area (Å²) >= 11 is 6.22. The van der Waals surface area contributed by atoms with E-state index in [1.807, 2.05) is 6.07 Å². The molecule has 39 heavy (non-hydrogen) atoms. The maximum Gasteiger partial charge on any atom is 0.490 e. The minimum Gasteiger partial charge on any atom is -0.454 e. The first-order chi connectivity index (χ1) is 18.6. The van der Waals surface area contributed by atoms with Gasteiger partial charge < -0.3 is 15.0 Å². The Balaban J connectivity index is 1.52. The monoisotopic (exact) mass is 562 g/mol. The Morgan fingerprint density at radius 1 is 1.36 bits per heavy atom. The molecule has 0 aromatic carbocycles. The highest BCUT2D eigenvalue weighted by Gasteiger charge is 2.48. The zero-order valence-corrected chi connectivity index (χ0v) is 20.7. The van der Waals surface area contributed by atoms with Gasteiger partial charge in [0.1, 0.15) is 29.6 Å². The van der Waals surface area contributed by atoms with Gasteiger partial charge in [0.25, 0.3) is 0 Å². The van der Waals surface area contributed by atoms with Crippen LogP contribution < -0.4 is 5.32 Å². The quantitative estimate of drug-likeness (QED) is 0.196. The number of ether oxygens (including phenoxy) is 1. The van der Waals surface area contributed by atoms with E-state index in [1.165, 1.54) is 6.33 Å². The molecular formula is C24H19ClF4N8O2. The van der Waals surface area contributed by atoms with E-state index >= 15 is 4.39 Å². The highest BCUT2D eigenvalue weighted by molar-refractivity contribution is 6.30. The Labute approximate surface area is 223 Å². The van der Waals surface area contributed by atoms with Crippen LogP contribution in [-0.2, 0) is 21.6 Å². The Hall–Kier alpha value is -4.09. The Bertz CT molecular complexity index is 1570. The van der Waals surface area contributed by atoms with Crippen LogP contribution in [0.15, 0.2) is 37.1 Å². The SMILES string of the molecule is N#CC[C@H](n1cc(-c2ncnc3[nH]ccc23)cn1)[C@]1(c2nc(Cl)c(COC(=O)C(F)(F)F)cc2F)CCNC1. The molecule has 4 aromatic rings. The number of alkyl halides is 3. The maximum absolute atomic E-state index is 15.6. The number of H-pyrrole nitrogens is 1. The number of esters is 1. The third kappa shape index (κ3) is 4.90. The third-order valence-electron chi connectivity index (χ3n) is 6.72. The summed E-state index contributed by atoms with van der Waals surface area (Å²) in [5, 5.41) is 17.8. The molecule has 0 unspecified atom stereocenters. The van der Waals surface area contributed by atoms with E-state index in [4.69, 9.17) is 11.6 Å². The predicted octanol–water partition coefficient (Wildman–Crippen LogP) is 4.00. The molecule has 4 aromatic heterocycles. The first-order valence-electron chi connectivity index (χ1n) is 11.6. The van der Waals surface area contributed by atoms with E-state index in [-0.39, 0.29) is 29.4 Å². The molecule has 0 amide bonds. The Kier molecular flexibility index (Phi) is 6.96. The van der Waals surface area contributed by atoms with Gasteiger partial charge in [-0.2, -0.15) is 23.5 Å². The van der Waals surface area contributed by atoms with Crippen molar-refractivity contribution in [3.8, 4) is 17.3 Å². The fraction of sp³-hybridized carbons (Fsp3) is 0.333. The van der Waals surface area contributed by atoms with Crippen molar-refractivity contribution in [1.29, 1.82) is 5.26 Å². The first kappa shape index (κ1) is 26.5. The van der Waals surface area contributed by atoms with E-state index < -0.39 is 36.0 Å². The summed E-state index contributed by atoms with van der Waals surface area (Å²) in [5.74, 6) is -3.29. The van der Waals surface area contributed by atoms with Crippen molar-refractivity contribution in [3.63, 3.8) is 0 Å². The zero-order valence-electron chi connectivity index (χ0n) is 20.0. The average Bonchev–Trinajstić information content (AvgIpc) is 3.68. The van der Waals surface area contributed by atoms with Gasteiger partial charge in [0.15, 0.2) is 0 Å². The number of rotatable bonds is 7. The molecule has 202 valence electrons. The number of nitrogens with zero attached hydrogens (tertiary/aromatic N) is 6. The van der Waals surface area contributed by atoms with E-state index in [0.29, 0.717) is 29.9 Å². The van der Waals surface area contributed by atoms with Crippen LogP contribution in [0.5, 0.6) is 0 Å². The molecule has 15 heteroatoms. The van der Waals surface area contributed by atoms with Gasteiger partial charge >= 0.3 is 12.1 Å². The molecule has 0 bridgehead atoms. The van der Waals surface area contributed by atoms with Crippen molar-refractivity contribution in [2.75, 3.05) is 13.1 Å². The molecular weight excluding hydrogens is 544 g/mol. The van der Waals surface area contributed by atoms with E-state index in [9.17, 15) is 23.2 Å². The molecule has 1 aliphatic heterocycles. The van der Waals surface area contributed by atoms with Gasteiger partial charge in [0.2, 0.25) is 0 Å². The van der Waals surface area contributed by atoms with Gasteiger partial charge in [0.05, 0.1) is 41.5 Å². The second-order valence-corrected chi connectivity index (χ2v) is 9.33. The van der Waals surface area contributed by atoms with Crippen LogP contribution in [0.3, 0.4) is 0 Å². The van der Waals surface area contributed by atoms with Crippen molar-refractivity contribution < 1.29 is 27.1 Å². The lowest BCUT2D eigenvalue weighted by molar-refractivity contribution is -0.201. The minimum atomic E-state index is -5.20. The van der Waals surface area contributed by atoms with Gasteiger partial charge in [-0.15, -0.1) is 0 Å². The van der Waals surface area contributed by atoms with Crippen molar-refractivity contribution in [2.45, 2.75) is 37.1 Å².